The van der Waals surface area contributed by atoms with Gasteiger partial charge in [-0.2, -0.15) is 10.4 Å². The van der Waals surface area contributed by atoms with E-state index in [1.165, 1.54) is 0 Å². The van der Waals surface area contributed by atoms with Crippen molar-refractivity contribution in [2.24, 2.45) is 10.1 Å². The van der Waals surface area contributed by atoms with Crippen molar-refractivity contribution in [3.63, 3.8) is 0 Å². The Morgan fingerprint density at radius 3 is 3.27 bits per heavy atom. The van der Waals surface area contributed by atoms with E-state index in [4.69, 9.17) is 5.26 Å². The van der Waals surface area contributed by atoms with Gasteiger partial charge >= 0.3 is 0 Å². The molecule has 0 fully saturated rings. The van der Waals surface area contributed by atoms with Gasteiger partial charge in [0.1, 0.15) is 17.5 Å². The number of hydrazone groups is 1. The predicted octanol–water partition coefficient (Wildman–Crippen LogP) is 0.329. The molecule has 5 heteroatoms. The third-order valence-corrected chi connectivity index (χ3v) is 2.68. The fraction of sp³-hybridized carbons (Fsp3) is 0.500. The molecule has 0 aromatic rings. The van der Waals surface area contributed by atoms with E-state index in [1.54, 1.807) is 11.8 Å². The van der Waals surface area contributed by atoms with Crippen molar-refractivity contribution >= 4 is 22.5 Å². The molecule has 0 amide bonds. The molecular formula is C6H6N4S. The van der Waals surface area contributed by atoms with Crippen LogP contribution in [0.4, 0.5) is 0 Å². The first-order valence-electron chi connectivity index (χ1n) is 3.25. The van der Waals surface area contributed by atoms with Gasteiger partial charge in [-0.3, -0.25) is 10.4 Å². The quantitative estimate of drug-likeness (QED) is 0.564. The molecule has 2 unspecified atom stereocenters. The summed E-state index contributed by atoms with van der Waals surface area (Å²) < 4.78 is 0. The molecule has 2 aliphatic rings. The first-order valence-corrected chi connectivity index (χ1v) is 4.13. The SMILES string of the molecule is CC1=NC2C(C#N)=NNC2S1. The predicted molar refractivity (Wildman–Crippen MR) is 44.5 cm³/mol. The van der Waals surface area contributed by atoms with E-state index < -0.39 is 0 Å². The Labute approximate surface area is 68.4 Å². The Balaban J connectivity index is 2.27. The van der Waals surface area contributed by atoms with Crippen molar-refractivity contribution in [2.75, 3.05) is 0 Å². The van der Waals surface area contributed by atoms with Gasteiger partial charge in [-0.15, -0.1) is 0 Å². The van der Waals surface area contributed by atoms with E-state index >= 15 is 0 Å². The van der Waals surface area contributed by atoms with Gasteiger partial charge in [0.2, 0.25) is 0 Å². The standard InChI is InChI=1S/C6H6N4S/c1-3-8-5-4(2-7)9-10-6(5)11-3/h5-6,10H,1H3. The lowest BCUT2D eigenvalue weighted by molar-refractivity contribution is 0.716. The molecule has 2 rings (SSSR count). The number of nitrogens with one attached hydrogen (secondary N) is 1. The van der Waals surface area contributed by atoms with Gasteiger partial charge < -0.3 is 0 Å². The van der Waals surface area contributed by atoms with Gasteiger partial charge in [0.05, 0.1) is 5.04 Å². The van der Waals surface area contributed by atoms with Crippen LogP contribution in [-0.2, 0) is 0 Å². The fourth-order valence-corrected chi connectivity index (χ4v) is 2.10. The highest BCUT2D eigenvalue weighted by molar-refractivity contribution is 8.14. The van der Waals surface area contributed by atoms with Crippen LogP contribution in [0.1, 0.15) is 6.92 Å². The minimum Gasteiger partial charge on any atom is -0.293 e. The van der Waals surface area contributed by atoms with Crippen LogP contribution in [0.3, 0.4) is 0 Å². The number of nitrogens with zero attached hydrogens (tertiary/aromatic N) is 3. The minimum absolute atomic E-state index is 0.0370. The molecule has 0 spiro atoms. The van der Waals surface area contributed by atoms with Gasteiger partial charge in [0.15, 0.2) is 5.71 Å². The van der Waals surface area contributed by atoms with Crippen LogP contribution in [0, 0.1) is 11.3 Å². The van der Waals surface area contributed by atoms with Crippen LogP contribution in [-0.4, -0.2) is 22.2 Å². The summed E-state index contributed by atoms with van der Waals surface area (Å²) in [5.74, 6) is 0. The molecule has 2 heterocycles. The van der Waals surface area contributed by atoms with Crippen molar-refractivity contribution in [1.82, 2.24) is 5.43 Å². The van der Waals surface area contributed by atoms with Crippen molar-refractivity contribution < 1.29 is 0 Å². The average Bonchev–Trinajstić information content (AvgIpc) is 2.45. The van der Waals surface area contributed by atoms with Crippen LogP contribution in [0.25, 0.3) is 0 Å². The van der Waals surface area contributed by atoms with E-state index in [0.717, 1.165) is 5.04 Å². The molecule has 0 saturated carbocycles. The number of fused-ring (bicyclic) bond motifs is 1. The van der Waals surface area contributed by atoms with Crippen LogP contribution in [0.5, 0.6) is 0 Å². The van der Waals surface area contributed by atoms with E-state index in [0.29, 0.717) is 5.71 Å². The molecule has 1 N–H and O–H groups in total. The molecule has 4 nitrogen and oxygen atoms in total. The molecular weight excluding hydrogens is 160 g/mol. The van der Waals surface area contributed by atoms with Gasteiger partial charge in [0.25, 0.3) is 0 Å². The molecule has 0 radical (unpaired) electrons. The van der Waals surface area contributed by atoms with E-state index in [-0.39, 0.29) is 11.4 Å². The number of hydrogen-bond acceptors (Lipinski definition) is 5. The normalized spacial score (nSPS) is 33.5. The maximum Gasteiger partial charge on any atom is 0.165 e. The first-order chi connectivity index (χ1) is 5.31. The van der Waals surface area contributed by atoms with Gasteiger partial charge in [-0.25, -0.2) is 0 Å². The zero-order chi connectivity index (χ0) is 7.84. The number of rotatable bonds is 0. The van der Waals surface area contributed by atoms with Crippen molar-refractivity contribution in [2.45, 2.75) is 18.3 Å². The average molecular weight is 166 g/mol. The zero-order valence-corrected chi connectivity index (χ0v) is 6.72. The Bertz CT molecular complexity index is 287. The fourth-order valence-electron chi connectivity index (χ4n) is 1.13. The summed E-state index contributed by atoms with van der Waals surface area (Å²) in [5.41, 5.74) is 3.36. The maximum atomic E-state index is 8.60. The maximum absolute atomic E-state index is 8.60. The second-order valence-corrected chi connectivity index (χ2v) is 3.70. The lowest BCUT2D eigenvalue weighted by Gasteiger charge is -2.03. The monoisotopic (exact) mass is 166 g/mol. The summed E-state index contributed by atoms with van der Waals surface area (Å²) >= 11 is 1.63. The minimum atomic E-state index is -0.0370. The lowest BCUT2D eigenvalue weighted by Crippen LogP contribution is -2.25. The molecule has 0 aromatic heterocycles. The second kappa shape index (κ2) is 2.24. The molecule has 0 saturated heterocycles. The highest BCUT2D eigenvalue weighted by atomic mass is 32.2. The number of hydrogen-bond donors (Lipinski definition) is 1. The molecule has 0 aliphatic carbocycles. The Hall–Kier alpha value is -1.02. The van der Waals surface area contributed by atoms with Crippen LogP contribution in [0.2, 0.25) is 0 Å². The molecule has 2 atom stereocenters. The molecule has 0 aromatic carbocycles. The number of aliphatic imine (C=N–C) groups is 1. The summed E-state index contributed by atoms with van der Waals surface area (Å²) in [7, 11) is 0. The summed E-state index contributed by atoms with van der Waals surface area (Å²) in [6.45, 7) is 1.94. The van der Waals surface area contributed by atoms with Crippen molar-refractivity contribution in [1.29, 1.82) is 5.26 Å². The highest BCUT2D eigenvalue weighted by Gasteiger charge is 2.36. The van der Waals surface area contributed by atoms with Gasteiger partial charge in [-0.05, 0) is 6.92 Å². The largest absolute Gasteiger partial charge is 0.293 e. The molecule has 2 aliphatic heterocycles. The Morgan fingerprint density at radius 2 is 2.55 bits per heavy atom. The van der Waals surface area contributed by atoms with Crippen LogP contribution in [0.15, 0.2) is 10.1 Å². The second-order valence-electron chi connectivity index (χ2n) is 2.37. The van der Waals surface area contributed by atoms with Crippen molar-refractivity contribution in [3.05, 3.63) is 0 Å². The third-order valence-electron chi connectivity index (χ3n) is 1.61. The summed E-state index contributed by atoms with van der Waals surface area (Å²) in [5, 5.41) is 13.6. The number of nitriles is 1. The zero-order valence-electron chi connectivity index (χ0n) is 5.90. The molecule has 0 bridgehead atoms. The summed E-state index contributed by atoms with van der Waals surface area (Å²) in [6, 6.07) is 1.99. The summed E-state index contributed by atoms with van der Waals surface area (Å²) in [4.78, 5) is 4.27. The molecule has 11 heavy (non-hydrogen) atoms. The van der Waals surface area contributed by atoms with Gasteiger partial charge in [-0.1, -0.05) is 11.8 Å². The van der Waals surface area contributed by atoms with Gasteiger partial charge in [0, 0.05) is 0 Å². The van der Waals surface area contributed by atoms with Crippen LogP contribution >= 0.6 is 11.8 Å². The van der Waals surface area contributed by atoms with Crippen LogP contribution < -0.4 is 5.43 Å². The Kier molecular flexibility index (Phi) is 1.36. The molecule has 56 valence electrons. The topological polar surface area (TPSA) is 60.5 Å². The van der Waals surface area contributed by atoms with E-state index in [9.17, 15) is 0 Å². The lowest BCUT2D eigenvalue weighted by atomic mass is 10.2. The number of thioether (sulfide) groups is 1. The first kappa shape index (κ1) is 6.68. The van der Waals surface area contributed by atoms with E-state index in [2.05, 4.69) is 15.5 Å². The third kappa shape index (κ3) is 0.906. The smallest absolute Gasteiger partial charge is 0.165 e. The Morgan fingerprint density at radius 1 is 1.73 bits per heavy atom. The van der Waals surface area contributed by atoms with Crippen molar-refractivity contribution in [3.8, 4) is 6.07 Å². The highest BCUT2D eigenvalue weighted by Crippen LogP contribution is 2.28. The van der Waals surface area contributed by atoms with E-state index in [1.807, 2.05) is 13.0 Å². The summed E-state index contributed by atoms with van der Waals surface area (Å²) in [6.07, 6.45) is 0.